The second-order valence-electron chi connectivity index (χ2n) is 27.0. The van der Waals surface area contributed by atoms with Gasteiger partial charge in [-0.3, -0.25) is 9.59 Å². The second-order valence-corrected chi connectivity index (χ2v) is 27.0. The molecule has 96 heavy (non-hydrogen) atoms. The maximum atomic E-state index is 15.4. The molecule has 16 heteroatoms. The van der Waals surface area contributed by atoms with Gasteiger partial charge in [0.25, 0.3) is 0 Å². The smallest absolute Gasteiger partial charge is 0.416 e. The Bertz CT molecular complexity index is 4130. The topological polar surface area (TPSA) is 96.0 Å². The molecule has 2 saturated carbocycles. The highest BCUT2D eigenvalue weighted by atomic mass is 19.4. The molecular formula is C80H80F6N2O8. The van der Waals surface area contributed by atoms with Crippen LogP contribution in [0.4, 0.5) is 37.7 Å². The Morgan fingerprint density at radius 3 is 1.61 bits per heavy atom. The van der Waals surface area contributed by atoms with Crippen LogP contribution in [0.3, 0.4) is 0 Å². The highest BCUT2D eigenvalue weighted by Gasteiger charge is 2.51. The molecule has 2 heterocycles. The Labute approximate surface area is 557 Å². The number of alkyl halides is 6. The first-order valence-corrected chi connectivity index (χ1v) is 33.6. The van der Waals surface area contributed by atoms with E-state index < -0.39 is 34.5 Å². The first-order chi connectivity index (χ1) is 46.2. The lowest BCUT2D eigenvalue weighted by molar-refractivity contribution is -0.145. The zero-order valence-corrected chi connectivity index (χ0v) is 55.1. The first-order valence-electron chi connectivity index (χ1n) is 33.6. The zero-order chi connectivity index (χ0) is 67.3. The normalized spacial score (nSPS) is 19.6. The van der Waals surface area contributed by atoms with Crippen LogP contribution in [0.5, 0.6) is 34.5 Å². The van der Waals surface area contributed by atoms with Crippen LogP contribution in [0.25, 0.3) is 39.1 Å². The quantitative estimate of drug-likeness (QED) is 0.0380. The van der Waals surface area contributed by atoms with Crippen LogP contribution in [-0.4, -0.2) is 59.4 Å². The van der Waals surface area contributed by atoms with Gasteiger partial charge in [-0.25, -0.2) is 0 Å². The first kappa shape index (κ1) is 65.7. The Kier molecular flexibility index (Phi) is 18.2. The standard InChI is InChI=1S/C80H80F6N2O8/c1-7-8-9-10-49-11-13-50(14-12-49)51-15-17-52(18-16-51)53-23-31-62(32-24-53)94-75(89)54-19-21-55(22-20-54)76(90)95-63-37-29-59(30-38-63)87-41-43-88(44-42-87)69-47-65-66(48-70(69)93-6)74-64(73-71(65)67-45-58(79(81,82)83)46-68(80(84,85)86)72(67)77(73,2)3)39-40-78(96-74,56-25-33-60(91-4)34-26-56)57-27-35-61(92-5)36-28-57/h15-18,23-40,45-50,54-55H,7-14,19-22,41-44H2,1-6H3/t49-,50-,54-,55-. The van der Waals surface area contributed by atoms with Gasteiger partial charge in [-0.2, -0.15) is 26.3 Å². The van der Waals surface area contributed by atoms with Gasteiger partial charge in [-0.05, 0) is 199 Å². The van der Waals surface area contributed by atoms with Crippen molar-refractivity contribution in [3.05, 3.63) is 196 Å². The minimum Gasteiger partial charge on any atom is -0.497 e. The molecule has 5 aliphatic rings. The molecule has 0 radical (unpaired) electrons. The lowest BCUT2D eigenvalue weighted by atomic mass is 9.75. The number of carbonyl (C=O) groups excluding carboxylic acids is 2. The molecule has 1 saturated heterocycles. The van der Waals surface area contributed by atoms with Crippen molar-refractivity contribution in [3.8, 4) is 56.8 Å². The maximum Gasteiger partial charge on any atom is 0.416 e. The van der Waals surface area contributed by atoms with E-state index in [1.54, 1.807) is 70.5 Å². The number of rotatable bonds is 17. The molecule has 8 aromatic carbocycles. The number of unbranched alkanes of at least 4 members (excludes halogenated alkanes) is 2. The summed E-state index contributed by atoms with van der Waals surface area (Å²) in [4.78, 5) is 31.3. The fourth-order valence-electron chi connectivity index (χ4n) is 15.7. The number of halogens is 6. The summed E-state index contributed by atoms with van der Waals surface area (Å²) in [6, 6.07) is 43.3. The Morgan fingerprint density at radius 2 is 1.09 bits per heavy atom. The lowest BCUT2D eigenvalue weighted by Gasteiger charge is -2.39. The van der Waals surface area contributed by atoms with Gasteiger partial charge in [0.05, 0.1) is 50.0 Å². The summed E-state index contributed by atoms with van der Waals surface area (Å²) in [5.74, 6) is 2.98. The molecule has 0 aromatic heterocycles. The Hall–Kier alpha value is -8.92. The van der Waals surface area contributed by atoms with Crippen LogP contribution in [0.2, 0.25) is 0 Å². The molecule has 13 rings (SSSR count). The van der Waals surface area contributed by atoms with Gasteiger partial charge in [-0.15, -0.1) is 0 Å². The largest absolute Gasteiger partial charge is 0.497 e. The fourth-order valence-corrected chi connectivity index (χ4v) is 15.7. The van der Waals surface area contributed by atoms with Gasteiger partial charge >= 0.3 is 24.3 Å². The van der Waals surface area contributed by atoms with Gasteiger partial charge in [0.2, 0.25) is 0 Å². The number of anilines is 2. The van der Waals surface area contributed by atoms with Crippen molar-refractivity contribution >= 4 is 40.2 Å². The van der Waals surface area contributed by atoms with Gasteiger partial charge < -0.3 is 38.2 Å². The van der Waals surface area contributed by atoms with Gasteiger partial charge in [-0.1, -0.05) is 113 Å². The van der Waals surface area contributed by atoms with E-state index in [9.17, 15) is 22.8 Å². The summed E-state index contributed by atoms with van der Waals surface area (Å²) in [7, 11) is 4.65. The Morgan fingerprint density at radius 1 is 0.562 bits per heavy atom. The van der Waals surface area contributed by atoms with Crippen molar-refractivity contribution in [2.24, 2.45) is 17.8 Å². The van der Waals surface area contributed by atoms with E-state index in [1.165, 1.54) is 64.0 Å². The van der Waals surface area contributed by atoms with Gasteiger partial charge in [0.1, 0.15) is 34.5 Å². The van der Waals surface area contributed by atoms with Crippen LogP contribution < -0.4 is 38.2 Å². The summed E-state index contributed by atoms with van der Waals surface area (Å²) < 4.78 is 127. The van der Waals surface area contributed by atoms with Crippen molar-refractivity contribution in [2.75, 3.05) is 57.3 Å². The number of ether oxygens (including phenoxy) is 6. The summed E-state index contributed by atoms with van der Waals surface area (Å²) in [6.45, 7) is 7.48. The zero-order valence-electron chi connectivity index (χ0n) is 55.1. The van der Waals surface area contributed by atoms with E-state index in [0.29, 0.717) is 131 Å². The SMILES string of the molecule is CCCCC[C@H]1CC[C@H](c2ccc(-c3ccc(OC(=O)[C@H]4CC[C@H](C(=O)Oc5ccc(N6CCN(c7cc8c9c(c%10c(c8cc7OC)OC(c7ccc(OC)cc7)(c7ccc(OC)cc7)C=C%10)C(C)(C)c7c-9cc(C(F)(F)F)cc7C(F)(F)F)CC6)cc5)CC4)cc3)cc2)CC1. The molecule has 0 amide bonds. The maximum absolute atomic E-state index is 15.4. The van der Waals surface area contributed by atoms with E-state index in [2.05, 4.69) is 41.0 Å². The highest BCUT2D eigenvalue weighted by Crippen LogP contribution is 2.62. The third kappa shape index (κ3) is 12.8. The predicted molar refractivity (Wildman–Crippen MR) is 363 cm³/mol. The van der Waals surface area contributed by atoms with Gasteiger partial charge in [0, 0.05) is 59.4 Å². The third-order valence-corrected chi connectivity index (χ3v) is 21.0. The molecule has 0 spiro atoms. The number of nitrogens with zero attached hydrogens (tertiary/aromatic N) is 2. The number of methoxy groups -OCH3 is 3. The van der Waals surface area contributed by atoms with E-state index in [0.717, 1.165) is 28.8 Å². The Balaban J connectivity index is 0.691. The number of hydrogen-bond acceptors (Lipinski definition) is 10. The van der Waals surface area contributed by atoms with Crippen LogP contribution in [0.15, 0.2) is 152 Å². The minimum absolute atomic E-state index is 0.158. The van der Waals surface area contributed by atoms with Crippen molar-refractivity contribution in [2.45, 2.75) is 127 Å². The van der Waals surface area contributed by atoms with Crippen LogP contribution >= 0.6 is 0 Å². The molecule has 0 atom stereocenters. The fraction of sp³-hybridized carbons (Fsp3) is 0.375. The molecule has 2 aliphatic heterocycles. The second kappa shape index (κ2) is 26.6. The van der Waals surface area contributed by atoms with Gasteiger partial charge in [0.15, 0.2) is 5.60 Å². The molecule has 0 bridgehead atoms. The summed E-state index contributed by atoms with van der Waals surface area (Å²) in [6.07, 6.45) is 5.95. The van der Waals surface area contributed by atoms with Crippen LogP contribution in [0, 0.1) is 17.8 Å². The number of hydrogen-bond donors (Lipinski definition) is 0. The predicted octanol–water partition coefficient (Wildman–Crippen LogP) is 19.7. The molecule has 0 unspecified atom stereocenters. The molecule has 3 aliphatic carbocycles. The van der Waals surface area contributed by atoms with Crippen molar-refractivity contribution in [1.82, 2.24) is 0 Å². The lowest BCUT2D eigenvalue weighted by Crippen LogP contribution is -2.46. The summed E-state index contributed by atoms with van der Waals surface area (Å²) in [5.41, 5.74) is 1.55. The van der Waals surface area contributed by atoms with Crippen LogP contribution in [-0.2, 0) is 33.0 Å². The van der Waals surface area contributed by atoms with Crippen molar-refractivity contribution in [1.29, 1.82) is 0 Å². The average molecular weight is 1310 g/mol. The van der Waals surface area contributed by atoms with E-state index in [1.807, 2.05) is 78.9 Å². The molecule has 500 valence electrons. The highest BCUT2D eigenvalue weighted by molar-refractivity contribution is 6.11. The molecule has 0 N–H and O–H groups in total. The number of benzene rings is 8. The summed E-state index contributed by atoms with van der Waals surface area (Å²) in [5, 5.41) is 0.819. The third-order valence-electron chi connectivity index (χ3n) is 21.0. The molecule has 8 aromatic rings. The number of esters is 2. The van der Waals surface area contributed by atoms with Crippen molar-refractivity contribution in [3.63, 3.8) is 0 Å². The van der Waals surface area contributed by atoms with Crippen molar-refractivity contribution < 1.29 is 64.4 Å². The molecule has 10 nitrogen and oxygen atoms in total. The van der Waals surface area contributed by atoms with E-state index in [-0.39, 0.29) is 46.5 Å². The van der Waals surface area contributed by atoms with Crippen LogP contribution in [0.1, 0.15) is 148 Å². The number of fused-ring (bicyclic) bond motifs is 8. The molecule has 3 fully saturated rings. The summed E-state index contributed by atoms with van der Waals surface area (Å²) >= 11 is 0. The number of piperazine rings is 1. The van der Waals surface area contributed by atoms with E-state index in [4.69, 9.17) is 28.4 Å². The average Bonchev–Trinajstić information content (AvgIpc) is 1.49. The molecular weight excluding hydrogens is 1230 g/mol. The van der Waals surface area contributed by atoms with E-state index >= 15 is 13.2 Å². The monoisotopic (exact) mass is 1310 g/mol. The minimum atomic E-state index is -5.14. The number of carbonyl (C=O) groups is 2.